The van der Waals surface area contributed by atoms with Crippen LogP contribution >= 0.6 is 0 Å². The van der Waals surface area contributed by atoms with Crippen molar-refractivity contribution in [2.75, 3.05) is 26.7 Å². The molecule has 16 heavy (non-hydrogen) atoms. The number of nitrogens with zero attached hydrogens (tertiary/aromatic N) is 1. The summed E-state index contributed by atoms with van der Waals surface area (Å²) in [6, 6.07) is 0.736. The molecule has 0 aromatic heterocycles. The van der Waals surface area contributed by atoms with Crippen LogP contribution in [0.4, 0.5) is 0 Å². The van der Waals surface area contributed by atoms with Crippen LogP contribution in [-0.2, 0) is 0 Å². The summed E-state index contributed by atoms with van der Waals surface area (Å²) in [5, 5.41) is 3.48. The molecule has 2 atom stereocenters. The molecule has 0 aromatic rings. The van der Waals surface area contributed by atoms with Gasteiger partial charge in [0.15, 0.2) is 0 Å². The summed E-state index contributed by atoms with van der Waals surface area (Å²) in [7, 11) is 2.12. The van der Waals surface area contributed by atoms with E-state index in [1.807, 2.05) is 0 Å². The molecule has 0 aromatic carbocycles. The Bertz CT molecular complexity index is 187. The highest BCUT2D eigenvalue weighted by Crippen LogP contribution is 2.28. The van der Waals surface area contributed by atoms with E-state index in [4.69, 9.17) is 0 Å². The zero-order valence-corrected chi connectivity index (χ0v) is 11.0. The van der Waals surface area contributed by atoms with E-state index in [1.54, 1.807) is 0 Å². The van der Waals surface area contributed by atoms with E-state index >= 15 is 0 Å². The molecular weight excluding hydrogens is 196 g/mol. The predicted octanol–water partition coefficient (Wildman–Crippen LogP) is 2.50. The number of nitrogens with one attached hydrogen (secondary N) is 1. The maximum Gasteiger partial charge on any atom is 0.0195 e. The van der Waals surface area contributed by atoms with Crippen LogP contribution in [0.2, 0.25) is 0 Å². The Morgan fingerprint density at radius 3 is 2.50 bits per heavy atom. The van der Waals surface area contributed by atoms with Gasteiger partial charge in [0.25, 0.3) is 0 Å². The highest BCUT2D eigenvalue weighted by molar-refractivity contribution is 4.84. The summed E-state index contributed by atoms with van der Waals surface area (Å²) in [6.07, 6.45) is 8.65. The molecule has 2 fully saturated rings. The first-order valence-corrected chi connectivity index (χ1v) is 7.21. The lowest BCUT2D eigenvalue weighted by atomic mass is 9.91. The van der Waals surface area contributed by atoms with Crippen molar-refractivity contribution in [2.24, 2.45) is 11.8 Å². The molecule has 94 valence electrons. The molecule has 1 heterocycles. The SMILES string of the molecule is CCC1CC(NC)CN(CC2CCCC2)C1. The van der Waals surface area contributed by atoms with Crippen molar-refractivity contribution in [1.29, 1.82) is 0 Å². The summed E-state index contributed by atoms with van der Waals surface area (Å²) in [5.41, 5.74) is 0. The summed E-state index contributed by atoms with van der Waals surface area (Å²) in [4.78, 5) is 2.73. The Morgan fingerprint density at radius 1 is 1.12 bits per heavy atom. The lowest BCUT2D eigenvalue weighted by Gasteiger charge is -2.38. The zero-order chi connectivity index (χ0) is 11.4. The maximum atomic E-state index is 3.48. The fourth-order valence-electron chi connectivity index (χ4n) is 3.51. The molecule has 0 radical (unpaired) electrons. The zero-order valence-electron chi connectivity index (χ0n) is 11.0. The van der Waals surface area contributed by atoms with Crippen LogP contribution in [-0.4, -0.2) is 37.6 Å². The van der Waals surface area contributed by atoms with Gasteiger partial charge in [-0.05, 0) is 38.1 Å². The fourth-order valence-corrected chi connectivity index (χ4v) is 3.51. The van der Waals surface area contributed by atoms with Crippen LogP contribution in [0.5, 0.6) is 0 Å². The van der Waals surface area contributed by atoms with Crippen LogP contribution in [0, 0.1) is 11.8 Å². The molecule has 2 nitrogen and oxygen atoms in total. The Labute approximate surface area is 101 Å². The predicted molar refractivity (Wildman–Crippen MR) is 69.6 cm³/mol. The van der Waals surface area contributed by atoms with E-state index in [9.17, 15) is 0 Å². The smallest absolute Gasteiger partial charge is 0.0195 e. The molecule has 0 amide bonds. The lowest BCUT2D eigenvalue weighted by Crippen LogP contribution is -2.49. The van der Waals surface area contributed by atoms with Gasteiger partial charge in [-0.25, -0.2) is 0 Å². The maximum absolute atomic E-state index is 3.48. The van der Waals surface area contributed by atoms with Crippen molar-refractivity contribution in [1.82, 2.24) is 10.2 Å². The molecule has 0 spiro atoms. The lowest BCUT2D eigenvalue weighted by molar-refractivity contribution is 0.124. The van der Waals surface area contributed by atoms with Crippen molar-refractivity contribution in [2.45, 2.75) is 51.5 Å². The normalized spacial score (nSPS) is 33.4. The first-order valence-electron chi connectivity index (χ1n) is 7.21. The first kappa shape index (κ1) is 12.4. The Morgan fingerprint density at radius 2 is 1.88 bits per heavy atom. The van der Waals surface area contributed by atoms with Crippen LogP contribution in [0.1, 0.15) is 45.4 Å². The van der Waals surface area contributed by atoms with Crippen molar-refractivity contribution < 1.29 is 0 Å². The van der Waals surface area contributed by atoms with Crippen LogP contribution in [0.15, 0.2) is 0 Å². The second-order valence-electron chi connectivity index (χ2n) is 5.86. The average Bonchev–Trinajstić information content (AvgIpc) is 2.81. The largest absolute Gasteiger partial charge is 0.316 e. The fraction of sp³-hybridized carbons (Fsp3) is 1.00. The second kappa shape index (κ2) is 6.02. The first-order chi connectivity index (χ1) is 7.81. The third-order valence-corrected chi connectivity index (χ3v) is 4.59. The molecule has 1 aliphatic heterocycles. The standard InChI is InChI=1S/C14H28N2/c1-3-12-8-14(15-2)11-16(9-12)10-13-6-4-5-7-13/h12-15H,3-11H2,1-2H3. The van der Waals surface area contributed by atoms with Crippen LogP contribution in [0.3, 0.4) is 0 Å². The molecule has 1 N–H and O–H groups in total. The Kier molecular flexibility index (Phi) is 4.66. The summed E-state index contributed by atoms with van der Waals surface area (Å²) in [6.45, 7) is 6.35. The number of piperidine rings is 1. The molecule has 0 bridgehead atoms. The Balaban J connectivity index is 1.82. The number of rotatable bonds is 4. The van der Waals surface area contributed by atoms with Crippen molar-refractivity contribution in [3.63, 3.8) is 0 Å². The summed E-state index contributed by atoms with van der Waals surface area (Å²) in [5.74, 6) is 1.93. The van der Waals surface area contributed by atoms with Gasteiger partial charge in [0, 0.05) is 25.7 Å². The number of likely N-dealkylation sites (N-methyl/N-ethyl adjacent to an activating group) is 1. The van der Waals surface area contributed by atoms with Crippen molar-refractivity contribution >= 4 is 0 Å². The highest BCUT2D eigenvalue weighted by Gasteiger charge is 2.27. The minimum Gasteiger partial charge on any atom is -0.316 e. The molecule has 1 saturated heterocycles. The second-order valence-corrected chi connectivity index (χ2v) is 5.86. The molecule has 2 aliphatic rings. The quantitative estimate of drug-likeness (QED) is 0.789. The molecule has 1 saturated carbocycles. The Hall–Kier alpha value is -0.0800. The van der Waals surface area contributed by atoms with E-state index < -0.39 is 0 Å². The molecule has 1 aliphatic carbocycles. The number of hydrogen-bond donors (Lipinski definition) is 1. The highest BCUT2D eigenvalue weighted by atomic mass is 15.2. The third-order valence-electron chi connectivity index (χ3n) is 4.59. The minimum absolute atomic E-state index is 0.736. The molecule has 2 rings (SSSR count). The van der Waals surface area contributed by atoms with Gasteiger partial charge in [-0.15, -0.1) is 0 Å². The van der Waals surface area contributed by atoms with Gasteiger partial charge in [0.2, 0.25) is 0 Å². The van der Waals surface area contributed by atoms with Gasteiger partial charge in [-0.3, -0.25) is 0 Å². The van der Waals surface area contributed by atoms with E-state index in [1.165, 1.54) is 58.2 Å². The van der Waals surface area contributed by atoms with Gasteiger partial charge in [-0.2, -0.15) is 0 Å². The van der Waals surface area contributed by atoms with E-state index in [0.29, 0.717) is 0 Å². The number of hydrogen-bond acceptors (Lipinski definition) is 2. The van der Waals surface area contributed by atoms with Gasteiger partial charge in [0.1, 0.15) is 0 Å². The molecule has 2 unspecified atom stereocenters. The van der Waals surface area contributed by atoms with Crippen LogP contribution in [0.25, 0.3) is 0 Å². The summed E-state index contributed by atoms with van der Waals surface area (Å²) >= 11 is 0. The van der Waals surface area contributed by atoms with Gasteiger partial charge < -0.3 is 10.2 Å². The van der Waals surface area contributed by atoms with Gasteiger partial charge in [-0.1, -0.05) is 26.2 Å². The van der Waals surface area contributed by atoms with Gasteiger partial charge >= 0.3 is 0 Å². The average molecular weight is 224 g/mol. The minimum atomic E-state index is 0.736. The molecular formula is C14H28N2. The van der Waals surface area contributed by atoms with E-state index in [2.05, 4.69) is 24.2 Å². The molecule has 2 heteroatoms. The van der Waals surface area contributed by atoms with Crippen molar-refractivity contribution in [3.8, 4) is 0 Å². The third kappa shape index (κ3) is 3.21. The van der Waals surface area contributed by atoms with E-state index in [-0.39, 0.29) is 0 Å². The van der Waals surface area contributed by atoms with Gasteiger partial charge in [0.05, 0.1) is 0 Å². The van der Waals surface area contributed by atoms with Crippen molar-refractivity contribution in [3.05, 3.63) is 0 Å². The monoisotopic (exact) mass is 224 g/mol. The number of likely N-dealkylation sites (tertiary alicyclic amines) is 1. The van der Waals surface area contributed by atoms with Crippen LogP contribution < -0.4 is 5.32 Å². The summed E-state index contributed by atoms with van der Waals surface area (Å²) < 4.78 is 0. The van der Waals surface area contributed by atoms with E-state index in [0.717, 1.165) is 17.9 Å². The topological polar surface area (TPSA) is 15.3 Å².